The van der Waals surface area contributed by atoms with Crippen molar-refractivity contribution in [2.24, 2.45) is 0 Å². The van der Waals surface area contributed by atoms with Crippen molar-refractivity contribution in [3.63, 3.8) is 0 Å². The summed E-state index contributed by atoms with van der Waals surface area (Å²) < 4.78 is 0. The number of hydrogen-bond donors (Lipinski definition) is 1. The van der Waals surface area contributed by atoms with Crippen LogP contribution in [-0.2, 0) is 4.79 Å². The van der Waals surface area contributed by atoms with Gasteiger partial charge >= 0.3 is 0 Å². The van der Waals surface area contributed by atoms with Crippen LogP contribution < -0.4 is 5.32 Å². The first-order chi connectivity index (χ1) is 9.02. The maximum absolute atomic E-state index is 10.9. The van der Waals surface area contributed by atoms with E-state index in [2.05, 4.69) is 15.3 Å². The summed E-state index contributed by atoms with van der Waals surface area (Å²) >= 11 is 12.9. The molecule has 0 aliphatic carbocycles. The van der Waals surface area contributed by atoms with Gasteiger partial charge in [-0.05, 0) is 36.0 Å². The standard InChI is InChI=1S/C12H9Cl2N3OS/c1-7(18)15-8-2-4-9(5-3-8)19-12-16-10(13)6-11(14)17-12/h2-6H,1H3,(H,15,18). The number of rotatable bonds is 3. The molecule has 0 aliphatic rings. The van der Waals surface area contributed by atoms with Crippen molar-refractivity contribution < 1.29 is 4.79 Å². The highest BCUT2D eigenvalue weighted by molar-refractivity contribution is 7.99. The molecule has 1 N–H and O–H groups in total. The lowest BCUT2D eigenvalue weighted by atomic mass is 10.3. The quantitative estimate of drug-likeness (QED) is 0.690. The van der Waals surface area contributed by atoms with Gasteiger partial charge in [-0.25, -0.2) is 9.97 Å². The smallest absolute Gasteiger partial charge is 0.221 e. The van der Waals surface area contributed by atoms with Gasteiger partial charge in [-0.3, -0.25) is 4.79 Å². The third-order valence-corrected chi connectivity index (χ3v) is 3.29. The molecule has 4 nitrogen and oxygen atoms in total. The fourth-order valence-corrected chi connectivity index (χ4v) is 2.63. The molecule has 0 saturated carbocycles. The first-order valence-corrected chi connectivity index (χ1v) is 6.86. The van der Waals surface area contributed by atoms with Gasteiger partial charge < -0.3 is 5.32 Å². The minimum Gasteiger partial charge on any atom is -0.326 e. The lowest BCUT2D eigenvalue weighted by Crippen LogP contribution is -2.05. The average molecular weight is 314 g/mol. The fraction of sp³-hybridized carbons (Fsp3) is 0.0833. The molecule has 0 spiro atoms. The highest BCUT2D eigenvalue weighted by Crippen LogP contribution is 2.27. The van der Waals surface area contributed by atoms with Crippen molar-refractivity contribution in [3.05, 3.63) is 40.6 Å². The molecule has 1 amide bonds. The minimum absolute atomic E-state index is 0.106. The van der Waals surface area contributed by atoms with E-state index in [9.17, 15) is 4.79 Å². The predicted molar refractivity (Wildman–Crippen MR) is 76.9 cm³/mol. The summed E-state index contributed by atoms with van der Waals surface area (Å²) in [6.45, 7) is 1.46. The van der Waals surface area contributed by atoms with E-state index < -0.39 is 0 Å². The number of halogens is 2. The Labute approximate surface area is 124 Å². The van der Waals surface area contributed by atoms with Gasteiger partial charge in [0.1, 0.15) is 10.3 Å². The fourth-order valence-electron chi connectivity index (χ4n) is 1.33. The molecule has 0 saturated heterocycles. The number of amides is 1. The van der Waals surface area contributed by atoms with Crippen LogP contribution in [0.4, 0.5) is 5.69 Å². The Bertz CT molecular complexity index is 584. The van der Waals surface area contributed by atoms with Gasteiger partial charge in [0.15, 0.2) is 5.16 Å². The lowest BCUT2D eigenvalue weighted by molar-refractivity contribution is -0.114. The van der Waals surface area contributed by atoms with E-state index in [4.69, 9.17) is 23.2 Å². The zero-order valence-electron chi connectivity index (χ0n) is 9.85. The van der Waals surface area contributed by atoms with Gasteiger partial charge in [0, 0.05) is 23.6 Å². The third-order valence-electron chi connectivity index (χ3n) is 2.03. The zero-order chi connectivity index (χ0) is 13.8. The van der Waals surface area contributed by atoms with E-state index in [1.165, 1.54) is 24.8 Å². The number of nitrogens with zero attached hydrogens (tertiary/aromatic N) is 2. The molecule has 1 aromatic heterocycles. The summed E-state index contributed by atoms with van der Waals surface area (Å²) in [6, 6.07) is 8.79. The average Bonchev–Trinajstić information content (AvgIpc) is 2.29. The normalized spacial score (nSPS) is 10.3. The van der Waals surface area contributed by atoms with Crippen LogP contribution in [0.15, 0.2) is 40.4 Å². The number of carbonyl (C=O) groups is 1. The summed E-state index contributed by atoms with van der Waals surface area (Å²) in [4.78, 5) is 19.9. The number of nitrogens with one attached hydrogen (secondary N) is 1. The SMILES string of the molecule is CC(=O)Nc1ccc(Sc2nc(Cl)cc(Cl)n2)cc1. The van der Waals surface area contributed by atoms with Crippen molar-refractivity contribution >= 4 is 46.6 Å². The van der Waals surface area contributed by atoms with Crippen LogP contribution in [-0.4, -0.2) is 15.9 Å². The summed E-state index contributed by atoms with van der Waals surface area (Å²) in [5, 5.41) is 3.78. The first kappa shape index (κ1) is 14.1. The second-order valence-corrected chi connectivity index (χ2v) is 5.42. The summed E-state index contributed by atoms with van der Waals surface area (Å²) in [6.07, 6.45) is 0. The maximum atomic E-state index is 10.9. The molecule has 0 bridgehead atoms. The van der Waals surface area contributed by atoms with Crippen LogP contribution in [0.2, 0.25) is 10.3 Å². The second-order valence-electron chi connectivity index (χ2n) is 3.60. The van der Waals surface area contributed by atoms with Gasteiger partial charge in [-0.2, -0.15) is 0 Å². The topological polar surface area (TPSA) is 54.9 Å². The molecular formula is C12H9Cl2N3OS. The van der Waals surface area contributed by atoms with E-state index in [-0.39, 0.29) is 5.91 Å². The van der Waals surface area contributed by atoms with Crippen molar-refractivity contribution in [1.82, 2.24) is 9.97 Å². The highest BCUT2D eigenvalue weighted by atomic mass is 35.5. The molecule has 0 fully saturated rings. The number of anilines is 1. The Kier molecular flexibility index (Phi) is 4.63. The summed E-state index contributed by atoms with van der Waals surface area (Å²) in [5.41, 5.74) is 0.738. The molecule has 98 valence electrons. The van der Waals surface area contributed by atoms with Gasteiger partial charge in [0.25, 0.3) is 0 Å². The molecule has 19 heavy (non-hydrogen) atoms. The first-order valence-electron chi connectivity index (χ1n) is 5.28. The third kappa shape index (κ3) is 4.38. The van der Waals surface area contributed by atoms with Crippen molar-refractivity contribution in [1.29, 1.82) is 0 Å². The van der Waals surface area contributed by atoms with E-state index >= 15 is 0 Å². The van der Waals surface area contributed by atoms with Gasteiger partial charge in [0.05, 0.1) is 0 Å². The molecular weight excluding hydrogens is 305 g/mol. The van der Waals surface area contributed by atoms with Crippen LogP contribution in [0.1, 0.15) is 6.92 Å². The molecule has 1 aromatic carbocycles. The van der Waals surface area contributed by atoms with Crippen LogP contribution in [0.5, 0.6) is 0 Å². The molecule has 0 unspecified atom stereocenters. The Morgan fingerprint density at radius 1 is 1.16 bits per heavy atom. The van der Waals surface area contributed by atoms with Crippen molar-refractivity contribution in [3.8, 4) is 0 Å². The number of hydrogen-bond acceptors (Lipinski definition) is 4. The van der Waals surface area contributed by atoms with Gasteiger partial charge in [-0.1, -0.05) is 23.2 Å². The van der Waals surface area contributed by atoms with E-state index in [1.54, 1.807) is 12.1 Å². The van der Waals surface area contributed by atoms with Crippen LogP contribution >= 0.6 is 35.0 Å². The monoisotopic (exact) mass is 313 g/mol. The zero-order valence-corrected chi connectivity index (χ0v) is 12.2. The summed E-state index contributed by atoms with van der Waals surface area (Å²) in [5.74, 6) is -0.106. The maximum Gasteiger partial charge on any atom is 0.221 e. The Hall–Kier alpha value is -1.30. The molecule has 0 radical (unpaired) electrons. The molecule has 7 heteroatoms. The molecule has 1 heterocycles. The van der Waals surface area contributed by atoms with E-state index in [0.717, 1.165) is 10.6 Å². The molecule has 0 atom stereocenters. The second kappa shape index (κ2) is 6.23. The van der Waals surface area contributed by atoms with Crippen LogP contribution in [0, 0.1) is 0 Å². The lowest BCUT2D eigenvalue weighted by Gasteiger charge is -2.04. The van der Waals surface area contributed by atoms with Crippen molar-refractivity contribution in [2.45, 2.75) is 17.0 Å². The molecule has 2 aromatic rings. The van der Waals surface area contributed by atoms with E-state index in [0.29, 0.717) is 15.5 Å². The largest absolute Gasteiger partial charge is 0.326 e. The number of carbonyl (C=O) groups excluding carboxylic acids is 1. The predicted octanol–water partition coefficient (Wildman–Crippen LogP) is 3.89. The Morgan fingerprint density at radius 2 is 1.74 bits per heavy atom. The minimum atomic E-state index is -0.106. The van der Waals surface area contributed by atoms with E-state index in [1.807, 2.05) is 12.1 Å². The summed E-state index contributed by atoms with van der Waals surface area (Å²) in [7, 11) is 0. The van der Waals surface area contributed by atoms with Gasteiger partial charge in [-0.15, -0.1) is 0 Å². The van der Waals surface area contributed by atoms with Gasteiger partial charge in [0.2, 0.25) is 5.91 Å². The van der Waals surface area contributed by atoms with Crippen molar-refractivity contribution in [2.75, 3.05) is 5.32 Å². The van der Waals surface area contributed by atoms with Crippen LogP contribution in [0.3, 0.4) is 0 Å². The highest BCUT2D eigenvalue weighted by Gasteiger charge is 2.04. The molecule has 0 aliphatic heterocycles. The van der Waals surface area contributed by atoms with Crippen LogP contribution in [0.25, 0.3) is 0 Å². The number of benzene rings is 1. The Morgan fingerprint density at radius 3 is 2.26 bits per heavy atom. The Balaban J connectivity index is 2.12. The number of aromatic nitrogens is 2. The molecule has 2 rings (SSSR count).